The number of rotatable bonds is 2. The molecule has 134 valence electrons. The summed E-state index contributed by atoms with van der Waals surface area (Å²) in [4.78, 5) is 27.9. The summed E-state index contributed by atoms with van der Waals surface area (Å²) in [6, 6.07) is 9.35. The van der Waals surface area contributed by atoms with Gasteiger partial charge in [-0.15, -0.1) is 5.10 Å². The van der Waals surface area contributed by atoms with Crippen LogP contribution in [-0.4, -0.2) is 20.2 Å². The highest BCUT2D eigenvalue weighted by atomic mass is 35.5. The van der Waals surface area contributed by atoms with Crippen molar-refractivity contribution in [1.82, 2.24) is 20.2 Å². The van der Waals surface area contributed by atoms with Crippen molar-refractivity contribution in [2.24, 2.45) is 5.92 Å². The standard InChI is InChI=1S/C20H15ClN4O2/c1-11-14(9-18(25-24-11)16-10-22-20(27)23-19(16)26)15-8-13(15)7-6-12-4-2-3-5-17(12)21/h2-5,9-10,13,15H,8H2,1H3,(H2,22,23,26,27)/t13-,15-/m0/s1. The molecule has 2 heterocycles. The van der Waals surface area contributed by atoms with Crippen LogP contribution in [0.25, 0.3) is 11.3 Å². The van der Waals surface area contributed by atoms with E-state index in [0.29, 0.717) is 10.7 Å². The molecule has 0 bridgehead atoms. The van der Waals surface area contributed by atoms with Crippen molar-refractivity contribution in [3.63, 3.8) is 0 Å². The fraction of sp³-hybridized carbons (Fsp3) is 0.200. The number of aryl methyl sites for hydroxylation is 1. The summed E-state index contributed by atoms with van der Waals surface area (Å²) in [5, 5.41) is 8.92. The first-order valence-corrected chi connectivity index (χ1v) is 8.83. The fourth-order valence-electron chi connectivity index (χ4n) is 3.01. The van der Waals surface area contributed by atoms with Crippen molar-refractivity contribution in [2.45, 2.75) is 19.3 Å². The third-order valence-corrected chi connectivity index (χ3v) is 4.90. The topological polar surface area (TPSA) is 91.5 Å². The predicted molar refractivity (Wildman–Crippen MR) is 103 cm³/mol. The minimum Gasteiger partial charge on any atom is -0.313 e. The molecule has 2 aromatic heterocycles. The minimum absolute atomic E-state index is 0.214. The second-order valence-electron chi connectivity index (χ2n) is 6.45. The van der Waals surface area contributed by atoms with Crippen LogP contribution in [-0.2, 0) is 0 Å². The monoisotopic (exact) mass is 378 g/mol. The maximum Gasteiger partial charge on any atom is 0.325 e. The normalized spacial score (nSPS) is 17.9. The van der Waals surface area contributed by atoms with Gasteiger partial charge < -0.3 is 4.98 Å². The Kier molecular flexibility index (Phi) is 4.38. The van der Waals surface area contributed by atoms with Crippen molar-refractivity contribution >= 4 is 11.6 Å². The first-order valence-electron chi connectivity index (χ1n) is 8.45. The molecule has 7 heteroatoms. The van der Waals surface area contributed by atoms with E-state index in [1.165, 1.54) is 6.20 Å². The molecule has 0 saturated heterocycles. The molecule has 0 radical (unpaired) electrons. The van der Waals surface area contributed by atoms with Crippen LogP contribution in [0.3, 0.4) is 0 Å². The zero-order chi connectivity index (χ0) is 19.0. The molecule has 1 aromatic carbocycles. The lowest BCUT2D eigenvalue weighted by atomic mass is 10.1. The second kappa shape index (κ2) is 6.86. The van der Waals surface area contributed by atoms with Crippen LogP contribution < -0.4 is 11.2 Å². The highest BCUT2D eigenvalue weighted by molar-refractivity contribution is 6.31. The third kappa shape index (κ3) is 3.55. The number of hydrogen-bond donors (Lipinski definition) is 2. The molecule has 0 aliphatic heterocycles. The Balaban J connectivity index is 1.62. The molecule has 2 atom stereocenters. The largest absolute Gasteiger partial charge is 0.325 e. The van der Waals surface area contributed by atoms with Gasteiger partial charge in [-0.25, -0.2) is 4.79 Å². The molecule has 1 saturated carbocycles. The summed E-state index contributed by atoms with van der Waals surface area (Å²) in [6.07, 6.45) is 2.28. The van der Waals surface area contributed by atoms with Crippen molar-refractivity contribution in [1.29, 1.82) is 0 Å². The molecule has 3 aromatic rings. The van der Waals surface area contributed by atoms with Crippen LogP contribution in [0.2, 0.25) is 5.02 Å². The van der Waals surface area contributed by atoms with E-state index in [1.54, 1.807) is 0 Å². The van der Waals surface area contributed by atoms with E-state index in [1.807, 2.05) is 37.3 Å². The smallest absolute Gasteiger partial charge is 0.313 e. The predicted octanol–water partition coefficient (Wildman–Crippen LogP) is 2.64. The Bertz CT molecular complexity index is 1200. The van der Waals surface area contributed by atoms with Crippen molar-refractivity contribution < 1.29 is 0 Å². The van der Waals surface area contributed by atoms with E-state index in [0.717, 1.165) is 23.2 Å². The summed E-state index contributed by atoms with van der Waals surface area (Å²) >= 11 is 6.14. The Labute approximate surface area is 159 Å². The van der Waals surface area contributed by atoms with E-state index in [2.05, 4.69) is 32.0 Å². The Hall–Kier alpha value is -3.17. The van der Waals surface area contributed by atoms with Gasteiger partial charge in [0.05, 0.1) is 16.3 Å². The molecular weight excluding hydrogens is 364 g/mol. The fourth-order valence-corrected chi connectivity index (χ4v) is 3.19. The molecule has 0 unspecified atom stereocenters. The summed E-state index contributed by atoms with van der Waals surface area (Å²) in [6.45, 7) is 1.89. The molecular formula is C20H15ClN4O2. The summed E-state index contributed by atoms with van der Waals surface area (Å²) in [7, 11) is 0. The third-order valence-electron chi connectivity index (χ3n) is 4.57. The van der Waals surface area contributed by atoms with E-state index < -0.39 is 11.2 Å². The lowest BCUT2D eigenvalue weighted by molar-refractivity contribution is 0.912. The number of nitrogens with zero attached hydrogens (tertiary/aromatic N) is 2. The first-order chi connectivity index (χ1) is 13.0. The number of nitrogens with one attached hydrogen (secondary N) is 2. The van der Waals surface area contributed by atoms with Gasteiger partial charge in [-0.05, 0) is 37.1 Å². The Morgan fingerprint density at radius 2 is 2.04 bits per heavy atom. The van der Waals surface area contributed by atoms with Crippen molar-refractivity contribution in [2.75, 3.05) is 0 Å². The van der Waals surface area contributed by atoms with Crippen LogP contribution in [0, 0.1) is 24.7 Å². The molecule has 1 aliphatic carbocycles. The summed E-state index contributed by atoms with van der Waals surface area (Å²) < 4.78 is 0. The van der Waals surface area contributed by atoms with E-state index in [4.69, 9.17) is 11.6 Å². The molecule has 2 N–H and O–H groups in total. The van der Waals surface area contributed by atoms with Gasteiger partial charge in [0.1, 0.15) is 5.69 Å². The van der Waals surface area contributed by atoms with Crippen LogP contribution in [0.15, 0.2) is 46.1 Å². The van der Waals surface area contributed by atoms with Gasteiger partial charge in [-0.2, -0.15) is 5.10 Å². The number of aromatic amines is 2. The van der Waals surface area contributed by atoms with Gasteiger partial charge >= 0.3 is 5.69 Å². The van der Waals surface area contributed by atoms with Gasteiger partial charge in [0.15, 0.2) is 0 Å². The summed E-state index contributed by atoms with van der Waals surface area (Å²) in [5.74, 6) is 6.87. The van der Waals surface area contributed by atoms with Gasteiger partial charge in [0.25, 0.3) is 5.56 Å². The van der Waals surface area contributed by atoms with Gasteiger partial charge in [0, 0.05) is 23.6 Å². The summed E-state index contributed by atoms with van der Waals surface area (Å²) in [5.41, 5.74) is 2.31. The molecule has 27 heavy (non-hydrogen) atoms. The van der Waals surface area contributed by atoms with Crippen LogP contribution in [0.4, 0.5) is 0 Å². The van der Waals surface area contributed by atoms with E-state index in [9.17, 15) is 9.59 Å². The zero-order valence-electron chi connectivity index (χ0n) is 14.4. The maximum absolute atomic E-state index is 12.0. The molecule has 1 aliphatic rings. The van der Waals surface area contributed by atoms with Crippen molar-refractivity contribution in [3.8, 4) is 23.1 Å². The molecule has 0 amide bonds. The highest BCUT2D eigenvalue weighted by Crippen LogP contribution is 2.48. The zero-order valence-corrected chi connectivity index (χ0v) is 15.2. The van der Waals surface area contributed by atoms with E-state index in [-0.39, 0.29) is 17.4 Å². The number of H-pyrrole nitrogens is 2. The first kappa shape index (κ1) is 17.3. The Morgan fingerprint density at radius 3 is 2.81 bits per heavy atom. The lowest BCUT2D eigenvalue weighted by Gasteiger charge is -2.05. The van der Waals surface area contributed by atoms with Gasteiger partial charge in [-0.3, -0.25) is 9.78 Å². The number of aromatic nitrogens is 4. The minimum atomic E-state index is -0.554. The molecule has 1 fully saturated rings. The maximum atomic E-state index is 12.0. The van der Waals surface area contributed by atoms with Gasteiger partial charge in [-0.1, -0.05) is 35.6 Å². The van der Waals surface area contributed by atoms with Crippen LogP contribution in [0.5, 0.6) is 0 Å². The quantitative estimate of drug-likeness (QED) is 0.670. The second-order valence-corrected chi connectivity index (χ2v) is 6.86. The van der Waals surface area contributed by atoms with Gasteiger partial charge in [0.2, 0.25) is 0 Å². The molecule has 4 rings (SSSR count). The van der Waals surface area contributed by atoms with Crippen LogP contribution >= 0.6 is 11.6 Å². The van der Waals surface area contributed by atoms with Crippen molar-refractivity contribution in [3.05, 3.63) is 79.2 Å². The average Bonchev–Trinajstić information content (AvgIpc) is 3.41. The molecule has 6 nitrogen and oxygen atoms in total. The average molecular weight is 379 g/mol. The molecule has 0 spiro atoms. The Morgan fingerprint density at radius 1 is 1.22 bits per heavy atom. The highest BCUT2D eigenvalue weighted by Gasteiger charge is 2.38. The number of hydrogen-bond acceptors (Lipinski definition) is 4. The number of benzene rings is 1. The van der Waals surface area contributed by atoms with Crippen LogP contribution in [0.1, 0.15) is 29.2 Å². The number of halogens is 1. The SMILES string of the molecule is Cc1nnc(-c2c[nH]c(=O)[nH]c2=O)cc1[C@H]1C[C@@H]1C#Cc1ccccc1Cl. The lowest BCUT2D eigenvalue weighted by Crippen LogP contribution is -2.23. The van der Waals surface area contributed by atoms with E-state index >= 15 is 0 Å².